The van der Waals surface area contributed by atoms with Gasteiger partial charge in [0.15, 0.2) is 0 Å². The monoisotopic (exact) mass is 1550 g/mol. The molecule has 0 aromatic heterocycles. The summed E-state index contributed by atoms with van der Waals surface area (Å²) in [6.07, 6.45) is -0.314. The molecule has 34 heteroatoms. The number of hydrogen-bond acceptors (Lipinski definition) is 20. The second-order valence-electron chi connectivity index (χ2n) is 29.5. The third kappa shape index (κ3) is 27.2. The molecule has 0 saturated carbocycles. The zero-order valence-corrected chi connectivity index (χ0v) is 66.9. The summed E-state index contributed by atoms with van der Waals surface area (Å²) in [5.41, 5.74) is -7.46. The smallest absolute Gasteiger partial charge is 0.330 e. The van der Waals surface area contributed by atoms with E-state index in [1.807, 2.05) is 31.3 Å². The van der Waals surface area contributed by atoms with Crippen molar-refractivity contribution in [2.45, 2.75) is 207 Å². The van der Waals surface area contributed by atoms with Crippen LogP contribution in [0.15, 0.2) is 66.7 Å². The molecule has 1 fully saturated rings. The van der Waals surface area contributed by atoms with Crippen LogP contribution in [0.25, 0.3) is 0 Å². The van der Waals surface area contributed by atoms with Crippen molar-refractivity contribution in [3.63, 3.8) is 0 Å². The standard InChI is InChI=1S/C75H103N15O17S2/c1-21-89(19)52-35-32-49(33-36-52)29-28-47-24-26-48(27-25-47)30-31-50-34-37-55(90(105)106)53(39-50)62(97)76-38-22-23-54(82-68(103)74(15,16)83-56(91)42(2)77-61(96)51-40-108-109-41-51)63(98)88-73(13,14)67(102)80-45(5)59(94)86-71(9,10)65(100)78-43(3)57(92)84-70(7,8)64(99)79-44(4)58(93)85-72(11,12)66(101)81-46(6)60(95)87-75(17,18)69(104)107-20/h24-27,32-37,39,42-46,51,54H,21-23,38,40-41H2,1-20H3,(H,76,97)(H,77,96)(H,78,100)(H,79,99)(H,80,102)(H,81,101)(H,82,103)(H,83,91)(H,84,92)(H,85,93)(H,86,94)(H,87,95)(H,88,98). The Morgan fingerprint density at radius 2 is 0.807 bits per heavy atom. The third-order valence-electron chi connectivity index (χ3n) is 17.2. The van der Waals surface area contributed by atoms with Gasteiger partial charge >= 0.3 is 5.97 Å². The van der Waals surface area contributed by atoms with E-state index in [9.17, 15) is 77.2 Å². The van der Waals surface area contributed by atoms with Gasteiger partial charge in [-0.15, -0.1) is 0 Å². The molecule has 3 aromatic carbocycles. The number of nitrogens with one attached hydrogen (secondary N) is 13. The number of nitrogens with zero attached hydrogens (tertiary/aromatic N) is 2. The molecular formula is C75H103N15O17S2. The molecule has 592 valence electrons. The molecule has 6 unspecified atom stereocenters. The van der Waals surface area contributed by atoms with Gasteiger partial charge in [-0.3, -0.25) is 72.4 Å². The number of hydrogen-bond donors (Lipinski definition) is 13. The molecule has 32 nitrogen and oxygen atoms in total. The average Bonchev–Trinajstić information content (AvgIpc) is 1.81. The number of methoxy groups -OCH3 is 1. The maximum Gasteiger partial charge on any atom is 0.330 e. The van der Waals surface area contributed by atoms with Gasteiger partial charge in [-0.05, 0) is 198 Å². The highest BCUT2D eigenvalue weighted by Gasteiger charge is 2.42. The zero-order valence-electron chi connectivity index (χ0n) is 65.3. The van der Waals surface area contributed by atoms with Crippen molar-refractivity contribution in [3.05, 3.63) is 105 Å². The van der Waals surface area contributed by atoms with Crippen LogP contribution in [0.1, 0.15) is 170 Å². The molecule has 13 amide bonds. The van der Waals surface area contributed by atoms with E-state index < -0.39 is 157 Å². The van der Waals surface area contributed by atoms with Crippen molar-refractivity contribution in [3.8, 4) is 23.7 Å². The third-order valence-corrected chi connectivity index (χ3v) is 19.8. The Balaban J connectivity index is 1.41. The van der Waals surface area contributed by atoms with Gasteiger partial charge in [-0.25, -0.2) is 4.79 Å². The van der Waals surface area contributed by atoms with Crippen LogP contribution in [0.4, 0.5) is 11.4 Å². The minimum Gasteiger partial charge on any atom is -0.467 e. The van der Waals surface area contributed by atoms with Gasteiger partial charge in [0, 0.05) is 65.7 Å². The second-order valence-corrected chi connectivity index (χ2v) is 32.1. The number of nitro benzene ring substituents is 1. The van der Waals surface area contributed by atoms with Crippen molar-refractivity contribution in [1.82, 2.24) is 69.1 Å². The number of rotatable bonds is 33. The number of esters is 1. The second kappa shape index (κ2) is 38.9. The molecule has 6 atom stereocenters. The van der Waals surface area contributed by atoms with Crippen molar-refractivity contribution in [2.24, 2.45) is 5.92 Å². The van der Waals surface area contributed by atoms with Crippen molar-refractivity contribution >= 4 is 116 Å². The van der Waals surface area contributed by atoms with Crippen LogP contribution in [0.5, 0.6) is 0 Å². The van der Waals surface area contributed by atoms with Crippen LogP contribution in [0.3, 0.4) is 0 Å². The van der Waals surface area contributed by atoms with E-state index >= 15 is 0 Å². The van der Waals surface area contributed by atoms with Crippen LogP contribution >= 0.6 is 21.6 Å². The lowest BCUT2D eigenvalue weighted by molar-refractivity contribution is -0.385. The Bertz CT molecular complexity index is 4080. The maximum atomic E-state index is 14.4. The summed E-state index contributed by atoms with van der Waals surface area (Å²) in [6.45, 7) is 25.4. The van der Waals surface area contributed by atoms with Crippen LogP contribution < -0.4 is 74.0 Å². The number of carbonyl (C=O) groups excluding carboxylic acids is 14. The number of nitro groups is 1. The molecule has 0 spiro atoms. The highest BCUT2D eigenvalue weighted by Crippen LogP contribution is 2.34. The molecule has 0 radical (unpaired) electrons. The van der Waals surface area contributed by atoms with Gasteiger partial charge in [0.05, 0.1) is 18.0 Å². The maximum absolute atomic E-state index is 14.4. The summed E-state index contributed by atoms with van der Waals surface area (Å²) in [5.74, 6) is 1.75. The molecule has 109 heavy (non-hydrogen) atoms. The van der Waals surface area contributed by atoms with Crippen LogP contribution in [-0.2, 0) is 67.1 Å². The predicted molar refractivity (Wildman–Crippen MR) is 412 cm³/mol. The van der Waals surface area contributed by atoms with Crippen LogP contribution in [-0.4, -0.2) is 196 Å². The van der Waals surface area contributed by atoms with Gasteiger partial charge < -0.3 is 78.8 Å². The Labute approximate surface area is 643 Å². The summed E-state index contributed by atoms with van der Waals surface area (Å²) in [5, 5.41) is 45.2. The van der Waals surface area contributed by atoms with Gasteiger partial charge in [0.25, 0.3) is 11.6 Å². The summed E-state index contributed by atoms with van der Waals surface area (Å²) in [4.78, 5) is 202. The fourth-order valence-electron chi connectivity index (χ4n) is 9.77. The van der Waals surface area contributed by atoms with Crippen LogP contribution in [0, 0.1) is 39.7 Å². The summed E-state index contributed by atoms with van der Waals surface area (Å²) in [6, 6.07) is 11.1. The molecule has 1 heterocycles. The Morgan fingerprint density at radius 3 is 1.17 bits per heavy atom. The first kappa shape index (κ1) is 90.7. The van der Waals surface area contributed by atoms with Gasteiger partial charge in [0.2, 0.25) is 70.9 Å². The number of amides is 13. The normalized spacial score (nSPS) is 14.1. The molecule has 0 bridgehead atoms. The topological polar surface area (TPSA) is 451 Å². The Morgan fingerprint density at radius 1 is 0.486 bits per heavy atom. The van der Waals surface area contributed by atoms with Gasteiger partial charge in [0.1, 0.15) is 75.0 Å². The first-order chi connectivity index (χ1) is 50.5. The fraction of sp³-hybridized carbons (Fsp3) is 0.520. The van der Waals surface area contributed by atoms with Crippen molar-refractivity contribution in [1.29, 1.82) is 0 Å². The molecule has 0 aliphatic carbocycles. The van der Waals surface area contributed by atoms with E-state index in [1.54, 1.807) is 24.3 Å². The van der Waals surface area contributed by atoms with E-state index in [0.29, 0.717) is 17.1 Å². The lowest BCUT2D eigenvalue weighted by Gasteiger charge is -2.32. The van der Waals surface area contributed by atoms with E-state index in [2.05, 4.69) is 105 Å². The van der Waals surface area contributed by atoms with E-state index in [4.69, 9.17) is 4.74 Å². The first-order valence-electron chi connectivity index (χ1n) is 35.1. The number of carbonyl (C=O) groups is 14. The lowest BCUT2D eigenvalue weighted by Crippen LogP contribution is -2.65. The summed E-state index contributed by atoms with van der Waals surface area (Å²) < 4.78 is 4.69. The fourth-order valence-corrected chi connectivity index (χ4v) is 12.5. The average molecular weight is 1550 g/mol. The summed E-state index contributed by atoms with van der Waals surface area (Å²) >= 11 is 0. The highest BCUT2D eigenvalue weighted by atomic mass is 33.1. The van der Waals surface area contributed by atoms with Gasteiger partial charge in [-0.2, -0.15) is 0 Å². The van der Waals surface area contributed by atoms with E-state index in [-0.39, 0.29) is 42.3 Å². The number of ether oxygens (including phenoxy) is 1. The Hall–Kier alpha value is -10.7. The van der Waals surface area contributed by atoms with E-state index in [1.165, 1.54) is 151 Å². The minimum atomic E-state index is -1.87. The van der Waals surface area contributed by atoms with Crippen LogP contribution in [0.2, 0.25) is 0 Å². The minimum absolute atomic E-state index is 0.0692. The molecule has 1 aliphatic heterocycles. The SMILES string of the molecule is CCN(C)c1ccc(C#Cc2ccc(C#Cc3ccc([N+](=O)[O-])c(C(=O)NCCCC(NC(=O)C(C)(C)NC(=O)C(C)NC(=O)C4CSSC4)C(=O)NC(C)(C)C(=O)NC(C)C(=O)NC(C)(C)C(=O)NC(C)C(=O)NC(C)(C)C(=O)NC(C)C(=O)NC(C)(C)C(=O)NC(C)C(=O)NC(C)(C)C(=O)OC)c3)cc2)cc1. The quantitative estimate of drug-likeness (QED) is 0.0103. The van der Waals surface area contributed by atoms with Crippen molar-refractivity contribution in [2.75, 3.05) is 43.7 Å². The molecular weight excluding hydrogens is 1450 g/mol. The van der Waals surface area contributed by atoms with Gasteiger partial charge in [-0.1, -0.05) is 45.3 Å². The molecule has 1 aliphatic rings. The Kier molecular flexibility index (Phi) is 32.3. The molecule has 13 N–H and O–H groups in total. The zero-order chi connectivity index (χ0) is 82.5. The summed E-state index contributed by atoms with van der Waals surface area (Å²) in [7, 11) is 6.20. The number of anilines is 1. The largest absolute Gasteiger partial charge is 0.467 e. The number of benzene rings is 3. The first-order valence-corrected chi connectivity index (χ1v) is 37.6. The molecule has 3 aromatic rings. The molecule has 4 rings (SSSR count). The molecule has 1 saturated heterocycles. The lowest BCUT2D eigenvalue weighted by atomic mass is 9.99. The predicted octanol–water partition coefficient (Wildman–Crippen LogP) is 1.92. The highest BCUT2D eigenvalue weighted by molar-refractivity contribution is 8.77. The van der Waals surface area contributed by atoms with Crippen molar-refractivity contribution < 1.29 is 76.8 Å². The van der Waals surface area contributed by atoms with E-state index in [0.717, 1.165) is 36.5 Å².